The van der Waals surface area contributed by atoms with Gasteiger partial charge in [0.05, 0.1) is 18.8 Å². The lowest BCUT2D eigenvalue weighted by Crippen LogP contribution is -2.53. The average molecular weight is 750 g/mol. The summed E-state index contributed by atoms with van der Waals surface area (Å²) in [5.74, 6) is -0.595. The number of nitrogens with one attached hydrogen (secondary N) is 1. The first kappa shape index (κ1) is 51.8. The Morgan fingerprint density at radius 3 is 1.19 bits per heavy atom. The van der Waals surface area contributed by atoms with Crippen LogP contribution in [0.5, 0.6) is 0 Å². The molecule has 6 nitrogen and oxygen atoms in total. The second-order valence-corrected chi connectivity index (χ2v) is 16.1. The van der Waals surface area contributed by atoms with Gasteiger partial charge in [-0.2, -0.15) is 0 Å². The molecule has 5 N–H and O–H groups in total. The maximum Gasteiger partial charge on any atom is 0.249 e. The summed E-state index contributed by atoms with van der Waals surface area (Å²) >= 11 is 0. The molecular weight excluding hydrogens is 659 g/mol. The van der Waals surface area contributed by atoms with Crippen molar-refractivity contribution in [2.75, 3.05) is 6.61 Å². The fourth-order valence-corrected chi connectivity index (χ4v) is 7.19. The second kappa shape index (κ2) is 41.9. The van der Waals surface area contributed by atoms with Gasteiger partial charge in [0.15, 0.2) is 0 Å². The van der Waals surface area contributed by atoms with E-state index >= 15 is 0 Å². The number of carbonyl (C=O) groups excluding carboxylic acids is 1. The predicted octanol–water partition coefficient (Wildman–Crippen LogP) is 12.4. The summed E-state index contributed by atoms with van der Waals surface area (Å²) in [5, 5.41) is 43.7. The highest BCUT2D eigenvalue weighted by atomic mass is 16.3. The Morgan fingerprint density at radius 1 is 0.453 bits per heavy atom. The van der Waals surface area contributed by atoms with Crippen LogP contribution in [0.4, 0.5) is 0 Å². The summed E-state index contributed by atoms with van der Waals surface area (Å²) in [6.07, 6.45) is 47.8. The van der Waals surface area contributed by atoms with Crippen molar-refractivity contribution in [3.8, 4) is 0 Å². The van der Waals surface area contributed by atoms with Crippen LogP contribution < -0.4 is 5.32 Å². The molecule has 0 aromatic carbocycles. The van der Waals surface area contributed by atoms with E-state index in [9.17, 15) is 25.2 Å². The van der Waals surface area contributed by atoms with E-state index in [1.54, 1.807) is 0 Å². The van der Waals surface area contributed by atoms with Gasteiger partial charge in [-0.25, -0.2) is 0 Å². The minimum absolute atomic E-state index is 0.364. The molecule has 0 rings (SSSR count). The normalized spacial score (nSPS) is 14.3. The fraction of sp³-hybridized carbons (Fsp3) is 0.894. The lowest BCUT2D eigenvalue weighted by Gasteiger charge is -2.27. The van der Waals surface area contributed by atoms with Crippen LogP contribution >= 0.6 is 0 Å². The third-order valence-corrected chi connectivity index (χ3v) is 10.9. The summed E-state index contributed by atoms with van der Waals surface area (Å²) < 4.78 is 0. The average Bonchev–Trinajstić information content (AvgIpc) is 3.16. The van der Waals surface area contributed by atoms with E-state index < -0.39 is 36.9 Å². The SMILES string of the molecule is CCCCCCCCCCCCC/C=C/CC/C=C/CCCC(O)C(O)C(CO)NC(=O)C(O)CCCCCCCCCCCCCCCCCCC. The van der Waals surface area contributed by atoms with Gasteiger partial charge in [0, 0.05) is 0 Å². The molecule has 0 aliphatic rings. The summed E-state index contributed by atoms with van der Waals surface area (Å²) in [7, 11) is 0. The Bertz CT molecular complexity index is 802. The van der Waals surface area contributed by atoms with Crippen LogP contribution in [0.2, 0.25) is 0 Å². The summed E-state index contributed by atoms with van der Waals surface area (Å²) in [5.41, 5.74) is 0. The smallest absolute Gasteiger partial charge is 0.249 e. The zero-order valence-electron chi connectivity index (χ0n) is 35.3. The third kappa shape index (κ3) is 36.2. The van der Waals surface area contributed by atoms with Crippen molar-refractivity contribution in [1.29, 1.82) is 0 Å². The van der Waals surface area contributed by atoms with Crippen molar-refractivity contribution < 1.29 is 25.2 Å². The topological polar surface area (TPSA) is 110 Å². The molecule has 6 heteroatoms. The van der Waals surface area contributed by atoms with Crippen molar-refractivity contribution in [1.82, 2.24) is 5.32 Å². The molecule has 0 aromatic heterocycles. The molecular formula is C47H91NO5. The molecule has 4 atom stereocenters. The molecule has 0 aliphatic heterocycles. The van der Waals surface area contributed by atoms with Gasteiger partial charge in [-0.05, 0) is 51.4 Å². The van der Waals surface area contributed by atoms with Crippen LogP contribution in [-0.2, 0) is 4.79 Å². The van der Waals surface area contributed by atoms with E-state index in [1.165, 1.54) is 167 Å². The molecule has 1 amide bonds. The van der Waals surface area contributed by atoms with Crippen molar-refractivity contribution in [3.05, 3.63) is 24.3 Å². The van der Waals surface area contributed by atoms with Crippen molar-refractivity contribution in [3.63, 3.8) is 0 Å². The van der Waals surface area contributed by atoms with Crippen molar-refractivity contribution >= 4 is 5.91 Å². The molecule has 0 radical (unpaired) electrons. The Hall–Kier alpha value is -1.21. The molecule has 0 saturated heterocycles. The molecule has 0 spiro atoms. The van der Waals surface area contributed by atoms with E-state index in [1.807, 2.05) is 0 Å². The molecule has 0 saturated carbocycles. The first-order valence-corrected chi connectivity index (χ1v) is 23.2. The maximum absolute atomic E-state index is 12.5. The summed E-state index contributed by atoms with van der Waals surface area (Å²) in [4.78, 5) is 12.5. The molecule has 4 unspecified atom stereocenters. The Morgan fingerprint density at radius 2 is 0.792 bits per heavy atom. The van der Waals surface area contributed by atoms with Gasteiger partial charge in [-0.1, -0.05) is 212 Å². The molecule has 0 aromatic rings. The number of amides is 1. The lowest BCUT2D eigenvalue weighted by atomic mass is 10.00. The number of aliphatic hydroxyl groups excluding tert-OH is 4. The van der Waals surface area contributed by atoms with Gasteiger partial charge in [-0.15, -0.1) is 0 Å². The Kier molecular flexibility index (Phi) is 41.0. The predicted molar refractivity (Wildman–Crippen MR) is 228 cm³/mol. The van der Waals surface area contributed by atoms with Gasteiger partial charge in [0.25, 0.3) is 0 Å². The number of rotatable bonds is 42. The van der Waals surface area contributed by atoms with E-state index in [2.05, 4.69) is 43.5 Å². The highest BCUT2D eigenvalue weighted by Gasteiger charge is 2.28. The second-order valence-electron chi connectivity index (χ2n) is 16.1. The van der Waals surface area contributed by atoms with Crippen LogP contribution in [-0.4, -0.2) is 57.3 Å². The highest BCUT2D eigenvalue weighted by Crippen LogP contribution is 2.16. The number of unbranched alkanes of at least 4 members (excludes halogenated alkanes) is 29. The zero-order chi connectivity index (χ0) is 38.9. The molecule has 0 heterocycles. The van der Waals surface area contributed by atoms with Gasteiger partial charge in [0.2, 0.25) is 5.91 Å². The number of carbonyl (C=O) groups is 1. The largest absolute Gasteiger partial charge is 0.394 e. The van der Waals surface area contributed by atoms with Crippen LogP contribution in [0, 0.1) is 0 Å². The summed E-state index contributed by atoms with van der Waals surface area (Å²) in [6.45, 7) is 4.05. The Balaban J connectivity index is 3.77. The summed E-state index contributed by atoms with van der Waals surface area (Å²) in [6, 6.07) is -1.00. The van der Waals surface area contributed by atoms with Gasteiger partial charge >= 0.3 is 0 Å². The lowest BCUT2D eigenvalue weighted by molar-refractivity contribution is -0.132. The van der Waals surface area contributed by atoms with Crippen LogP contribution in [0.1, 0.15) is 239 Å². The number of hydrogen-bond acceptors (Lipinski definition) is 5. The number of allylic oxidation sites excluding steroid dienone is 4. The van der Waals surface area contributed by atoms with Gasteiger partial charge < -0.3 is 25.7 Å². The minimum atomic E-state index is -1.29. The molecule has 0 bridgehead atoms. The zero-order valence-corrected chi connectivity index (χ0v) is 35.3. The van der Waals surface area contributed by atoms with E-state index in [0.29, 0.717) is 19.3 Å². The molecule has 0 aliphatic carbocycles. The maximum atomic E-state index is 12.5. The third-order valence-electron chi connectivity index (χ3n) is 10.9. The Labute approximate surface area is 329 Å². The van der Waals surface area contributed by atoms with Crippen LogP contribution in [0.25, 0.3) is 0 Å². The standard InChI is InChI=1S/C47H91NO5/c1-3-5-7-9-11-13-15-17-19-21-22-23-25-26-28-30-32-34-36-38-40-44(50)46(52)43(42-49)48-47(53)45(51)41-39-37-35-33-31-29-27-24-20-18-16-14-12-10-8-6-4-2/h25-26,32,34,43-46,49-52H,3-24,27-31,33,35-42H2,1-2H3,(H,48,53)/b26-25+,34-32+. The van der Waals surface area contributed by atoms with Crippen LogP contribution in [0.3, 0.4) is 0 Å². The van der Waals surface area contributed by atoms with Crippen molar-refractivity contribution in [2.45, 2.75) is 263 Å². The van der Waals surface area contributed by atoms with Gasteiger partial charge in [-0.3, -0.25) is 4.79 Å². The molecule has 0 fully saturated rings. The first-order chi connectivity index (χ1) is 26.0. The van der Waals surface area contributed by atoms with E-state index in [-0.39, 0.29) is 0 Å². The van der Waals surface area contributed by atoms with Crippen molar-refractivity contribution in [2.24, 2.45) is 0 Å². The fourth-order valence-electron chi connectivity index (χ4n) is 7.19. The highest BCUT2D eigenvalue weighted by molar-refractivity contribution is 5.80. The minimum Gasteiger partial charge on any atom is -0.394 e. The first-order valence-electron chi connectivity index (χ1n) is 23.2. The van der Waals surface area contributed by atoms with Gasteiger partial charge in [0.1, 0.15) is 12.2 Å². The van der Waals surface area contributed by atoms with E-state index in [4.69, 9.17) is 0 Å². The molecule has 53 heavy (non-hydrogen) atoms. The van der Waals surface area contributed by atoms with E-state index in [0.717, 1.165) is 38.5 Å². The number of hydrogen-bond donors (Lipinski definition) is 5. The van der Waals surface area contributed by atoms with Crippen LogP contribution in [0.15, 0.2) is 24.3 Å². The quantitative estimate of drug-likeness (QED) is 0.0315. The monoisotopic (exact) mass is 750 g/mol. The number of aliphatic hydroxyl groups is 4. The molecule has 314 valence electrons.